The number of aryl methyl sites for hydroxylation is 1. The molecule has 0 atom stereocenters. The van der Waals surface area contributed by atoms with Gasteiger partial charge in [0.05, 0.1) is 10.6 Å². The highest BCUT2D eigenvalue weighted by atomic mass is 32.2. The number of amides is 2. The molecule has 1 aliphatic rings. The third-order valence-electron chi connectivity index (χ3n) is 3.70. The van der Waals surface area contributed by atoms with Crippen molar-refractivity contribution in [3.8, 4) is 5.75 Å². The summed E-state index contributed by atoms with van der Waals surface area (Å²) in [5.41, 5.74) is 2.34. The molecule has 1 aliphatic heterocycles. The number of carbonyl (C=O) groups excluding carboxylic acids is 2. The number of anilines is 1. The van der Waals surface area contributed by atoms with Gasteiger partial charge in [-0.2, -0.15) is 0 Å². The molecule has 2 aromatic rings. The van der Waals surface area contributed by atoms with Crippen molar-refractivity contribution in [2.75, 3.05) is 11.5 Å². The van der Waals surface area contributed by atoms with Crippen LogP contribution < -0.4 is 9.64 Å². The molecule has 3 rings (SSSR count). The zero-order valence-corrected chi connectivity index (χ0v) is 14.6. The van der Waals surface area contributed by atoms with Crippen LogP contribution in [0.4, 0.5) is 10.5 Å². The quantitative estimate of drug-likeness (QED) is 0.573. The maximum atomic E-state index is 12.7. The molecule has 126 valence electrons. The number of imide groups is 1. The molecule has 0 radical (unpaired) electrons. The van der Waals surface area contributed by atoms with Crippen LogP contribution in [0, 0.1) is 6.92 Å². The summed E-state index contributed by atoms with van der Waals surface area (Å²) in [5.74, 6) is 0.432. The number of carbonyl (C=O) groups is 2. The predicted molar refractivity (Wildman–Crippen MR) is 102 cm³/mol. The van der Waals surface area contributed by atoms with Gasteiger partial charge in [-0.25, -0.2) is 4.90 Å². The summed E-state index contributed by atoms with van der Waals surface area (Å²) >= 11 is 0.952. The molecule has 25 heavy (non-hydrogen) atoms. The highest BCUT2D eigenvalue weighted by molar-refractivity contribution is 8.19. The lowest BCUT2D eigenvalue weighted by molar-refractivity contribution is -0.113. The van der Waals surface area contributed by atoms with E-state index >= 15 is 0 Å². The lowest BCUT2D eigenvalue weighted by atomic mass is 10.1. The molecule has 0 spiro atoms. The van der Waals surface area contributed by atoms with E-state index in [-0.39, 0.29) is 11.1 Å². The largest absolute Gasteiger partial charge is 0.490 e. The van der Waals surface area contributed by atoms with Crippen LogP contribution in [0.1, 0.15) is 11.1 Å². The van der Waals surface area contributed by atoms with Crippen LogP contribution in [0.25, 0.3) is 6.08 Å². The van der Waals surface area contributed by atoms with Gasteiger partial charge in [-0.15, -0.1) is 0 Å². The molecule has 0 aromatic heterocycles. The molecule has 1 saturated heterocycles. The Bertz CT molecular complexity index is 855. The average Bonchev–Trinajstić information content (AvgIpc) is 2.89. The molecular formula is C20H17NO3S. The number of para-hydroxylation sites is 1. The molecule has 1 fully saturated rings. The molecule has 2 aromatic carbocycles. The van der Waals surface area contributed by atoms with Crippen LogP contribution in [0.3, 0.4) is 0 Å². The number of benzene rings is 2. The van der Waals surface area contributed by atoms with Gasteiger partial charge >= 0.3 is 0 Å². The third kappa shape index (κ3) is 3.67. The second kappa shape index (κ2) is 7.40. The van der Waals surface area contributed by atoms with Crippen molar-refractivity contribution in [1.29, 1.82) is 0 Å². The van der Waals surface area contributed by atoms with Gasteiger partial charge in [0.25, 0.3) is 11.1 Å². The van der Waals surface area contributed by atoms with E-state index in [0.29, 0.717) is 17.2 Å². The standard InChI is InChI=1S/C20H17NO3S/c1-3-12-24-16-10-8-15(9-11-16)13-18-19(22)21(20(23)25-18)17-7-5-4-6-14(17)2/h3-11,13H,1,12H2,2H3/b18-13-. The minimum atomic E-state index is -0.295. The first-order valence-electron chi connectivity index (χ1n) is 7.77. The third-order valence-corrected chi connectivity index (χ3v) is 4.57. The van der Waals surface area contributed by atoms with E-state index in [1.807, 2.05) is 49.4 Å². The smallest absolute Gasteiger partial charge is 0.298 e. The minimum Gasteiger partial charge on any atom is -0.490 e. The number of ether oxygens (including phenoxy) is 1. The fraction of sp³-hybridized carbons (Fsp3) is 0.100. The monoisotopic (exact) mass is 351 g/mol. The Morgan fingerprint density at radius 3 is 2.52 bits per heavy atom. The molecule has 5 heteroatoms. The summed E-state index contributed by atoms with van der Waals surface area (Å²) in [6, 6.07) is 14.7. The van der Waals surface area contributed by atoms with Gasteiger partial charge in [-0.05, 0) is 54.1 Å². The van der Waals surface area contributed by atoms with E-state index < -0.39 is 0 Å². The summed E-state index contributed by atoms with van der Waals surface area (Å²) in [7, 11) is 0. The Morgan fingerprint density at radius 1 is 1.12 bits per heavy atom. The van der Waals surface area contributed by atoms with E-state index in [0.717, 1.165) is 28.6 Å². The summed E-state index contributed by atoms with van der Waals surface area (Å²) in [4.78, 5) is 26.6. The average molecular weight is 351 g/mol. The molecule has 4 nitrogen and oxygen atoms in total. The number of rotatable bonds is 5. The molecule has 0 N–H and O–H groups in total. The van der Waals surface area contributed by atoms with Crippen molar-refractivity contribution in [3.63, 3.8) is 0 Å². The van der Waals surface area contributed by atoms with Crippen LogP contribution in [0.15, 0.2) is 66.1 Å². The zero-order chi connectivity index (χ0) is 17.8. The van der Waals surface area contributed by atoms with Gasteiger partial charge in [-0.3, -0.25) is 9.59 Å². The van der Waals surface area contributed by atoms with Crippen molar-refractivity contribution in [1.82, 2.24) is 0 Å². The first-order valence-corrected chi connectivity index (χ1v) is 8.59. The topological polar surface area (TPSA) is 46.6 Å². The van der Waals surface area contributed by atoms with E-state index in [4.69, 9.17) is 4.74 Å². The Labute approximate surface area is 150 Å². The van der Waals surface area contributed by atoms with E-state index in [2.05, 4.69) is 6.58 Å². The van der Waals surface area contributed by atoms with Crippen LogP contribution in [0.2, 0.25) is 0 Å². The van der Waals surface area contributed by atoms with Gasteiger partial charge in [-0.1, -0.05) is 43.0 Å². The summed E-state index contributed by atoms with van der Waals surface area (Å²) in [6.45, 7) is 5.92. The lowest BCUT2D eigenvalue weighted by Crippen LogP contribution is -2.28. The van der Waals surface area contributed by atoms with Gasteiger partial charge in [0, 0.05) is 0 Å². The van der Waals surface area contributed by atoms with E-state index in [1.165, 1.54) is 4.90 Å². The maximum Gasteiger partial charge on any atom is 0.298 e. The number of hydrogen-bond acceptors (Lipinski definition) is 4. The number of thioether (sulfide) groups is 1. The second-order valence-electron chi connectivity index (χ2n) is 5.47. The van der Waals surface area contributed by atoms with Crippen molar-refractivity contribution in [3.05, 3.63) is 77.2 Å². The highest BCUT2D eigenvalue weighted by Gasteiger charge is 2.36. The first-order chi connectivity index (χ1) is 12.1. The number of nitrogens with zero attached hydrogens (tertiary/aromatic N) is 1. The Kier molecular flexibility index (Phi) is 5.05. The molecule has 0 saturated carbocycles. The van der Waals surface area contributed by atoms with Crippen molar-refractivity contribution in [2.45, 2.75) is 6.92 Å². The first kappa shape index (κ1) is 17.0. The lowest BCUT2D eigenvalue weighted by Gasteiger charge is -2.14. The predicted octanol–water partition coefficient (Wildman–Crippen LogP) is 4.80. The highest BCUT2D eigenvalue weighted by Crippen LogP contribution is 2.36. The molecule has 1 heterocycles. The SMILES string of the molecule is C=CCOc1ccc(/C=C2\SC(=O)N(c3ccccc3C)C2=O)cc1. The molecule has 2 amide bonds. The van der Waals surface area contributed by atoms with Crippen molar-refractivity contribution >= 4 is 34.7 Å². The van der Waals surface area contributed by atoms with Crippen LogP contribution in [-0.4, -0.2) is 17.8 Å². The van der Waals surface area contributed by atoms with Crippen molar-refractivity contribution in [2.24, 2.45) is 0 Å². The van der Waals surface area contributed by atoms with Gasteiger partial charge < -0.3 is 4.74 Å². The Hall–Kier alpha value is -2.79. The molecular weight excluding hydrogens is 334 g/mol. The van der Waals surface area contributed by atoms with Crippen LogP contribution in [-0.2, 0) is 4.79 Å². The fourth-order valence-corrected chi connectivity index (χ4v) is 3.29. The summed E-state index contributed by atoms with van der Waals surface area (Å²) < 4.78 is 5.43. The van der Waals surface area contributed by atoms with Gasteiger partial charge in [0.15, 0.2) is 0 Å². The molecule has 0 unspecified atom stereocenters. The molecule has 0 bridgehead atoms. The second-order valence-corrected chi connectivity index (χ2v) is 6.47. The molecule has 0 aliphatic carbocycles. The van der Waals surface area contributed by atoms with E-state index in [1.54, 1.807) is 18.2 Å². The van der Waals surface area contributed by atoms with Gasteiger partial charge in [0.2, 0.25) is 0 Å². The van der Waals surface area contributed by atoms with Crippen molar-refractivity contribution < 1.29 is 14.3 Å². The fourth-order valence-electron chi connectivity index (χ4n) is 2.46. The maximum absolute atomic E-state index is 12.7. The Balaban J connectivity index is 1.83. The van der Waals surface area contributed by atoms with E-state index in [9.17, 15) is 9.59 Å². The Morgan fingerprint density at radius 2 is 1.84 bits per heavy atom. The number of hydrogen-bond donors (Lipinski definition) is 0. The van der Waals surface area contributed by atoms with Crippen LogP contribution >= 0.6 is 11.8 Å². The zero-order valence-electron chi connectivity index (χ0n) is 13.8. The van der Waals surface area contributed by atoms with Crippen LogP contribution in [0.5, 0.6) is 5.75 Å². The van der Waals surface area contributed by atoms with Gasteiger partial charge in [0.1, 0.15) is 12.4 Å². The minimum absolute atomic E-state index is 0.281. The summed E-state index contributed by atoms with van der Waals surface area (Å²) in [6.07, 6.45) is 3.40. The summed E-state index contributed by atoms with van der Waals surface area (Å²) in [5, 5.41) is -0.281. The normalized spacial score (nSPS) is 15.7.